The summed E-state index contributed by atoms with van der Waals surface area (Å²) in [6.45, 7) is 2.55. The molecular weight excluding hydrogens is 338 g/mol. The van der Waals surface area contributed by atoms with Crippen LogP contribution in [-0.4, -0.2) is 23.9 Å². The van der Waals surface area contributed by atoms with Gasteiger partial charge in [0.2, 0.25) is 0 Å². The van der Waals surface area contributed by atoms with Gasteiger partial charge in [0.15, 0.2) is 0 Å². The summed E-state index contributed by atoms with van der Waals surface area (Å²) in [5.41, 5.74) is 3.76. The number of ether oxygens (including phenoxy) is 1. The van der Waals surface area contributed by atoms with Gasteiger partial charge in [0.1, 0.15) is 0 Å². The Morgan fingerprint density at radius 2 is 1.63 bits per heavy atom. The van der Waals surface area contributed by atoms with Gasteiger partial charge in [0.25, 0.3) is 5.91 Å². The minimum Gasteiger partial charge on any atom is -0.466 e. The molecule has 0 bridgehead atoms. The van der Waals surface area contributed by atoms with Gasteiger partial charge >= 0.3 is 5.97 Å². The molecule has 1 aliphatic heterocycles. The van der Waals surface area contributed by atoms with Gasteiger partial charge < -0.3 is 9.64 Å². The van der Waals surface area contributed by atoms with Crippen molar-refractivity contribution in [1.82, 2.24) is 4.90 Å². The van der Waals surface area contributed by atoms with E-state index < -0.39 is 0 Å². The molecule has 0 radical (unpaired) electrons. The minimum absolute atomic E-state index is 0.0682. The average molecular weight is 363 g/mol. The monoisotopic (exact) mass is 363 g/mol. The minimum atomic E-state index is -0.358. The first-order chi connectivity index (χ1) is 13.2. The van der Waals surface area contributed by atoms with Gasteiger partial charge in [0, 0.05) is 11.1 Å². The first-order valence-corrected chi connectivity index (χ1v) is 9.44. The smallest absolute Gasteiger partial charge is 0.335 e. The third-order valence-electron chi connectivity index (χ3n) is 4.86. The highest BCUT2D eigenvalue weighted by Gasteiger charge is 2.35. The van der Waals surface area contributed by atoms with Crippen LogP contribution in [0.25, 0.3) is 5.70 Å². The van der Waals surface area contributed by atoms with Crippen LogP contribution in [0.15, 0.2) is 60.2 Å². The number of esters is 1. The van der Waals surface area contributed by atoms with Crippen LogP contribution in [0.2, 0.25) is 0 Å². The average Bonchev–Trinajstić information content (AvgIpc) is 2.98. The highest BCUT2D eigenvalue weighted by atomic mass is 16.5. The highest BCUT2D eigenvalue weighted by Crippen LogP contribution is 2.37. The molecule has 0 saturated heterocycles. The molecular formula is C23H25NO3. The highest BCUT2D eigenvalue weighted by molar-refractivity contribution is 6.13. The van der Waals surface area contributed by atoms with Crippen LogP contribution in [0.1, 0.15) is 54.1 Å². The van der Waals surface area contributed by atoms with Gasteiger partial charge in [-0.15, -0.1) is 0 Å². The van der Waals surface area contributed by atoms with Gasteiger partial charge in [-0.3, -0.25) is 4.79 Å². The number of rotatable bonds is 7. The van der Waals surface area contributed by atoms with E-state index in [-0.39, 0.29) is 11.9 Å². The Kier molecular flexibility index (Phi) is 6.07. The zero-order valence-electron chi connectivity index (χ0n) is 15.9. The van der Waals surface area contributed by atoms with Crippen LogP contribution in [0.3, 0.4) is 0 Å². The fourth-order valence-corrected chi connectivity index (χ4v) is 3.50. The SMILES string of the molecule is CCCCC/C(C(=O)OC)=C1/c2ccccc2C(=O)N1Cc1ccccc1. The Morgan fingerprint density at radius 1 is 0.963 bits per heavy atom. The molecule has 2 aromatic rings. The van der Waals surface area contributed by atoms with Crippen molar-refractivity contribution >= 4 is 17.6 Å². The van der Waals surface area contributed by atoms with Gasteiger partial charge in [0.05, 0.1) is 24.9 Å². The number of carbonyl (C=O) groups excluding carboxylic acids is 2. The lowest BCUT2D eigenvalue weighted by atomic mass is 10.00. The molecule has 3 rings (SSSR count). The molecule has 4 heteroatoms. The van der Waals surface area contributed by atoms with Gasteiger partial charge in [-0.05, 0) is 24.5 Å². The molecule has 0 aromatic heterocycles. The van der Waals surface area contributed by atoms with E-state index in [2.05, 4.69) is 6.92 Å². The molecule has 1 amide bonds. The summed E-state index contributed by atoms with van der Waals surface area (Å²) >= 11 is 0. The second kappa shape index (κ2) is 8.67. The molecule has 0 saturated carbocycles. The summed E-state index contributed by atoms with van der Waals surface area (Å²) in [6, 6.07) is 17.3. The van der Waals surface area contributed by atoms with Crippen molar-refractivity contribution in [3.8, 4) is 0 Å². The molecule has 1 aliphatic rings. The number of hydrogen-bond acceptors (Lipinski definition) is 3. The van der Waals surface area contributed by atoms with Crippen molar-refractivity contribution < 1.29 is 14.3 Å². The van der Waals surface area contributed by atoms with Crippen LogP contribution in [-0.2, 0) is 16.1 Å². The summed E-state index contributed by atoms with van der Waals surface area (Å²) in [4.78, 5) is 27.4. The number of nitrogens with zero attached hydrogens (tertiary/aromatic N) is 1. The Hall–Kier alpha value is -2.88. The zero-order chi connectivity index (χ0) is 19.2. The number of methoxy groups -OCH3 is 1. The molecule has 0 fully saturated rings. The van der Waals surface area contributed by atoms with E-state index in [1.807, 2.05) is 54.6 Å². The lowest BCUT2D eigenvalue weighted by molar-refractivity contribution is -0.136. The van der Waals surface area contributed by atoms with E-state index in [1.165, 1.54) is 7.11 Å². The maximum atomic E-state index is 13.1. The molecule has 0 aliphatic carbocycles. The van der Waals surface area contributed by atoms with Crippen LogP contribution in [0, 0.1) is 0 Å². The predicted molar refractivity (Wildman–Crippen MR) is 106 cm³/mol. The van der Waals surface area contributed by atoms with Crippen molar-refractivity contribution in [2.24, 2.45) is 0 Å². The maximum Gasteiger partial charge on any atom is 0.335 e. The number of fused-ring (bicyclic) bond motifs is 1. The molecule has 4 nitrogen and oxygen atoms in total. The van der Waals surface area contributed by atoms with Crippen LogP contribution in [0.4, 0.5) is 0 Å². The fraction of sp³-hybridized carbons (Fsp3) is 0.304. The van der Waals surface area contributed by atoms with Gasteiger partial charge in [-0.25, -0.2) is 4.79 Å². The quantitative estimate of drug-likeness (QED) is 0.403. The summed E-state index contributed by atoms with van der Waals surface area (Å²) in [6.07, 6.45) is 3.58. The molecule has 0 unspecified atom stereocenters. The van der Waals surface area contributed by atoms with E-state index in [4.69, 9.17) is 4.74 Å². The molecule has 0 atom stereocenters. The van der Waals surface area contributed by atoms with Gasteiger partial charge in [-0.2, -0.15) is 0 Å². The number of unbranched alkanes of at least 4 members (excludes halogenated alkanes) is 2. The molecule has 0 N–H and O–H groups in total. The number of hydrogen-bond donors (Lipinski definition) is 0. The largest absolute Gasteiger partial charge is 0.466 e. The summed E-state index contributed by atoms with van der Waals surface area (Å²) in [5, 5.41) is 0. The first-order valence-electron chi connectivity index (χ1n) is 9.44. The third kappa shape index (κ3) is 3.95. The molecule has 0 spiro atoms. The van der Waals surface area contributed by atoms with Crippen molar-refractivity contribution in [2.75, 3.05) is 7.11 Å². The van der Waals surface area contributed by atoms with Crippen molar-refractivity contribution in [3.05, 3.63) is 76.9 Å². The third-order valence-corrected chi connectivity index (χ3v) is 4.86. The summed E-state index contributed by atoms with van der Waals surface area (Å²) < 4.78 is 5.07. The van der Waals surface area contributed by atoms with E-state index >= 15 is 0 Å². The molecule has 140 valence electrons. The predicted octanol–water partition coefficient (Wildman–Crippen LogP) is 4.81. The number of amides is 1. The summed E-state index contributed by atoms with van der Waals surface area (Å²) in [7, 11) is 1.40. The second-order valence-corrected chi connectivity index (χ2v) is 6.70. The van der Waals surface area contributed by atoms with E-state index in [1.54, 1.807) is 4.90 Å². The normalized spacial score (nSPS) is 14.9. The maximum absolute atomic E-state index is 13.1. The summed E-state index contributed by atoms with van der Waals surface area (Å²) in [5.74, 6) is -0.426. The Balaban J connectivity index is 2.09. The number of carbonyl (C=O) groups is 2. The second-order valence-electron chi connectivity index (χ2n) is 6.70. The molecule has 1 heterocycles. The van der Waals surface area contributed by atoms with Gasteiger partial charge in [-0.1, -0.05) is 68.3 Å². The Labute approximate surface area is 160 Å². The van der Waals surface area contributed by atoms with E-state index in [0.717, 1.165) is 30.4 Å². The zero-order valence-corrected chi connectivity index (χ0v) is 15.9. The number of benzene rings is 2. The van der Waals surface area contributed by atoms with Crippen LogP contribution in [0.5, 0.6) is 0 Å². The first kappa shape index (κ1) is 18.9. The van der Waals surface area contributed by atoms with E-state index in [9.17, 15) is 9.59 Å². The Morgan fingerprint density at radius 3 is 2.30 bits per heavy atom. The Bertz CT molecular complexity index is 855. The fourth-order valence-electron chi connectivity index (χ4n) is 3.50. The van der Waals surface area contributed by atoms with Crippen molar-refractivity contribution in [3.63, 3.8) is 0 Å². The standard InChI is InChI=1S/C23H25NO3/c1-3-4-6-15-20(23(26)27-2)21-18-13-9-10-14-19(18)22(25)24(21)16-17-11-7-5-8-12-17/h5,7-14H,3-4,6,15-16H2,1-2H3/b21-20+. The molecule has 2 aromatic carbocycles. The van der Waals surface area contributed by atoms with Crippen molar-refractivity contribution in [1.29, 1.82) is 0 Å². The van der Waals surface area contributed by atoms with Crippen LogP contribution < -0.4 is 0 Å². The topological polar surface area (TPSA) is 46.6 Å². The van der Waals surface area contributed by atoms with E-state index in [0.29, 0.717) is 29.8 Å². The lowest BCUT2D eigenvalue weighted by Crippen LogP contribution is -2.25. The van der Waals surface area contributed by atoms with Crippen LogP contribution >= 0.6 is 0 Å². The van der Waals surface area contributed by atoms with Crippen molar-refractivity contribution in [2.45, 2.75) is 39.2 Å². The lowest BCUT2D eigenvalue weighted by Gasteiger charge is -2.21. The molecule has 27 heavy (non-hydrogen) atoms.